The lowest BCUT2D eigenvalue weighted by Crippen LogP contribution is -2.22. The molecule has 0 bridgehead atoms. The van der Waals surface area contributed by atoms with Crippen LogP contribution in [0.4, 0.5) is 11.6 Å². The van der Waals surface area contributed by atoms with E-state index in [4.69, 9.17) is 10.8 Å². The molecule has 1 aliphatic rings. The standard InChI is InChI=1S/C14H24N4O/c1-10-12(15)16-13(11-6-7-11)17-14(10)18(2)8-4-3-5-9-19/h11,19H,3-9H2,1-2H3,(H2,15,16,17). The summed E-state index contributed by atoms with van der Waals surface area (Å²) < 4.78 is 0. The van der Waals surface area contributed by atoms with Crippen molar-refractivity contribution in [1.82, 2.24) is 9.97 Å². The first-order chi connectivity index (χ1) is 9.13. The summed E-state index contributed by atoms with van der Waals surface area (Å²) in [5, 5.41) is 8.78. The van der Waals surface area contributed by atoms with Gasteiger partial charge in [-0.15, -0.1) is 0 Å². The van der Waals surface area contributed by atoms with Crippen LogP contribution in [0.15, 0.2) is 0 Å². The van der Waals surface area contributed by atoms with Gasteiger partial charge in [0.05, 0.1) is 0 Å². The molecular formula is C14H24N4O. The predicted octanol–water partition coefficient (Wildman–Crippen LogP) is 1.84. The highest BCUT2D eigenvalue weighted by Gasteiger charge is 2.28. The lowest BCUT2D eigenvalue weighted by Gasteiger charge is -2.21. The zero-order chi connectivity index (χ0) is 13.8. The highest BCUT2D eigenvalue weighted by molar-refractivity contribution is 5.56. The van der Waals surface area contributed by atoms with Crippen LogP contribution in [0.2, 0.25) is 0 Å². The van der Waals surface area contributed by atoms with Crippen molar-refractivity contribution in [3.05, 3.63) is 11.4 Å². The second-order valence-corrected chi connectivity index (χ2v) is 5.40. The van der Waals surface area contributed by atoms with Gasteiger partial charge in [-0.2, -0.15) is 0 Å². The molecule has 106 valence electrons. The summed E-state index contributed by atoms with van der Waals surface area (Å²) in [5.41, 5.74) is 6.96. The summed E-state index contributed by atoms with van der Waals surface area (Å²) >= 11 is 0. The average molecular weight is 264 g/mol. The maximum absolute atomic E-state index is 8.78. The molecular weight excluding hydrogens is 240 g/mol. The third kappa shape index (κ3) is 3.56. The molecule has 1 fully saturated rings. The molecule has 0 aromatic carbocycles. The maximum Gasteiger partial charge on any atom is 0.137 e. The van der Waals surface area contributed by atoms with E-state index in [-0.39, 0.29) is 6.61 Å². The number of anilines is 2. The number of aliphatic hydroxyl groups is 1. The van der Waals surface area contributed by atoms with Gasteiger partial charge in [0.1, 0.15) is 17.5 Å². The van der Waals surface area contributed by atoms with E-state index in [1.807, 2.05) is 14.0 Å². The fourth-order valence-electron chi connectivity index (χ4n) is 2.18. The van der Waals surface area contributed by atoms with E-state index in [2.05, 4.69) is 14.9 Å². The molecule has 1 aromatic heterocycles. The Bertz CT molecular complexity index is 432. The van der Waals surface area contributed by atoms with E-state index >= 15 is 0 Å². The number of rotatable bonds is 7. The number of unbranched alkanes of at least 4 members (excludes halogenated alkanes) is 2. The molecule has 0 aliphatic heterocycles. The van der Waals surface area contributed by atoms with Crippen molar-refractivity contribution >= 4 is 11.6 Å². The number of hydrogen-bond donors (Lipinski definition) is 2. The number of hydrogen-bond acceptors (Lipinski definition) is 5. The topological polar surface area (TPSA) is 75.3 Å². The Morgan fingerprint density at radius 1 is 1.26 bits per heavy atom. The number of aliphatic hydroxyl groups excluding tert-OH is 1. The van der Waals surface area contributed by atoms with Gasteiger partial charge in [0.2, 0.25) is 0 Å². The lowest BCUT2D eigenvalue weighted by atomic mass is 10.2. The minimum absolute atomic E-state index is 0.273. The van der Waals surface area contributed by atoms with Gasteiger partial charge in [-0.1, -0.05) is 0 Å². The molecule has 0 radical (unpaired) electrons. The van der Waals surface area contributed by atoms with Crippen molar-refractivity contribution in [3.63, 3.8) is 0 Å². The first-order valence-corrected chi connectivity index (χ1v) is 7.09. The molecule has 5 nitrogen and oxygen atoms in total. The Labute approximate surface area is 114 Å². The van der Waals surface area contributed by atoms with Crippen molar-refractivity contribution in [2.45, 2.75) is 44.9 Å². The molecule has 3 N–H and O–H groups in total. The summed E-state index contributed by atoms with van der Waals surface area (Å²) in [4.78, 5) is 11.2. The van der Waals surface area contributed by atoms with Crippen LogP contribution in [0.5, 0.6) is 0 Å². The number of aromatic nitrogens is 2. The quantitative estimate of drug-likeness (QED) is 0.735. The van der Waals surface area contributed by atoms with E-state index in [1.54, 1.807) is 0 Å². The first kappa shape index (κ1) is 14.1. The molecule has 0 spiro atoms. The number of nitrogens with zero attached hydrogens (tertiary/aromatic N) is 3. The van der Waals surface area contributed by atoms with Gasteiger partial charge in [0.25, 0.3) is 0 Å². The molecule has 1 aliphatic carbocycles. The third-order valence-corrected chi connectivity index (χ3v) is 3.63. The summed E-state index contributed by atoms with van der Waals surface area (Å²) in [6.07, 6.45) is 5.32. The maximum atomic E-state index is 8.78. The van der Waals surface area contributed by atoms with Crippen LogP contribution in [-0.2, 0) is 0 Å². The van der Waals surface area contributed by atoms with Crippen LogP contribution < -0.4 is 10.6 Å². The Morgan fingerprint density at radius 2 is 2.00 bits per heavy atom. The zero-order valence-corrected chi connectivity index (χ0v) is 11.9. The van der Waals surface area contributed by atoms with Crippen LogP contribution in [0.3, 0.4) is 0 Å². The fraction of sp³-hybridized carbons (Fsp3) is 0.714. The minimum atomic E-state index is 0.273. The largest absolute Gasteiger partial charge is 0.396 e. The van der Waals surface area contributed by atoms with Crippen molar-refractivity contribution in [2.24, 2.45) is 0 Å². The van der Waals surface area contributed by atoms with Gasteiger partial charge >= 0.3 is 0 Å². The normalized spacial score (nSPS) is 14.7. The van der Waals surface area contributed by atoms with Gasteiger partial charge < -0.3 is 15.7 Å². The van der Waals surface area contributed by atoms with Crippen LogP contribution in [0.1, 0.15) is 49.4 Å². The SMILES string of the molecule is Cc1c(N)nc(C2CC2)nc1N(C)CCCCCO. The Morgan fingerprint density at radius 3 is 2.63 bits per heavy atom. The van der Waals surface area contributed by atoms with Crippen LogP contribution in [-0.4, -0.2) is 35.3 Å². The monoisotopic (exact) mass is 264 g/mol. The average Bonchev–Trinajstić information content (AvgIpc) is 3.22. The third-order valence-electron chi connectivity index (χ3n) is 3.63. The van der Waals surface area contributed by atoms with E-state index in [9.17, 15) is 0 Å². The summed E-state index contributed by atoms with van der Waals surface area (Å²) in [7, 11) is 2.05. The zero-order valence-electron chi connectivity index (χ0n) is 11.9. The van der Waals surface area contributed by atoms with Crippen molar-refractivity contribution in [2.75, 3.05) is 30.8 Å². The molecule has 1 heterocycles. The van der Waals surface area contributed by atoms with Gasteiger partial charge in [0, 0.05) is 31.7 Å². The molecule has 19 heavy (non-hydrogen) atoms. The Balaban J connectivity index is 2.04. The van der Waals surface area contributed by atoms with Crippen LogP contribution in [0.25, 0.3) is 0 Å². The molecule has 0 saturated heterocycles. The second kappa shape index (κ2) is 6.19. The Kier molecular flexibility index (Phi) is 4.58. The fourth-order valence-corrected chi connectivity index (χ4v) is 2.18. The van der Waals surface area contributed by atoms with Gasteiger partial charge in [0.15, 0.2) is 0 Å². The first-order valence-electron chi connectivity index (χ1n) is 7.09. The molecule has 0 amide bonds. The van der Waals surface area contributed by atoms with Crippen LogP contribution in [0, 0.1) is 6.92 Å². The van der Waals surface area contributed by atoms with E-state index in [0.29, 0.717) is 11.7 Å². The van der Waals surface area contributed by atoms with Gasteiger partial charge in [-0.3, -0.25) is 0 Å². The van der Waals surface area contributed by atoms with E-state index in [1.165, 1.54) is 12.8 Å². The number of nitrogens with two attached hydrogens (primary N) is 1. The van der Waals surface area contributed by atoms with Crippen molar-refractivity contribution < 1.29 is 5.11 Å². The van der Waals surface area contributed by atoms with Gasteiger partial charge in [-0.25, -0.2) is 9.97 Å². The highest BCUT2D eigenvalue weighted by Crippen LogP contribution is 2.39. The predicted molar refractivity (Wildman–Crippen MR) is 77.4 cm³/mol. The highest BCUT2D eigenvalue weighted by atomic mass is 16.2. The summed E-state index contributed by atoms with van der Waals surface area (Å²) in [5.74, 6) is 2.98. The molecule has 1 saturated carbocycles. The van der Waals surface area contributed by atoms with Gasteiger partial charge in [-0.05, 0) is 39.0 Å². The summed E-state index contributed by atoms with van der Waals surface area (Å²) in [6, 6.07) is 0. The van der Waals surface area contributed by atoms with Crippen molar-refractivity contribution in [1.29, 1.82) is 0 Å². The number of nitrogen functional groups attached to an aromatic ring is 1. The van der Waals surface area contributed by atoms with E-state index in [0.717, 1.165) is 43.0 Å². The second-order valence-electron chi connectivity index (χ2n) is 5.40. The molecule has 5 heteroatoms. The molecule has 0 atom stereocenters. The molecule has 0 unspecified atom stereocenters. The molecule has 1 aromatic rings. The minimum Gasteiger partial charge on any atom is -0.396 e. The lowest BCUT2D eigenvalue weighted by molar-refractivity contribution is 0.283. The van der Waals surface area contributed by atoms with Crippen molar-refractivity contribution in [3.8, 4) is 0 Å². The van der Waals surface area contributed by atoms with Crippen LogP contribution >= 0.6 is 0 Å². The molecule has 2 rings (SSSR count). The smallest absolute Gasteiger partial charge is 0.137 e. The van der Waals surface area contributed by atoms with E-state index < -0.39 is 0 Å². The summed E-state index contributed by atoms with van der Waals surface area (Å²) in [6.45, 7) is 3.18. The Hall–Kier alpha value is -1.36.